The van der Waals surface area contributed by atoms with E-state index in [0.717, 1.165) is 11.3 Å². The van der Waals surface area contributed by atoms with Crippen molar-refractivity contribution in [2.75, 3.05) is 5.32 Å². The lowest BCUT2D eigenvalue weighted by Gasteiger charge is -2.12. The molecule has 0 bridgehead atoms. The van der Waals surface area contributed by atoms with E-state index in [9.17, 15) is 14.9 Å². The van der Waals surface area contributed by atoms with Crippen LogP contribution < -0.4 is 5.32 Å². The van der Waals surface area contributed by atoms with Gasteiger partial charge in [-0.3, -0.25) is 14.9 Å². The van der Waals surface area contributed by atoms with E-state index in [1.165, 1.54) is 18.2 Å². The van der Waals surface area contributed by atoms with Crippen molar-refractivity contribution in [3.05, 3.63) is 75.8 Å². The monoisotopic (exact) mass is 310 g/mol. The van der Waals surface area contributed by atoms with E-state index in [2.05, 4.69) is 19.2 Å². The summed E-state index contributed by atoms with van der Waals surface area (Å²) in [5.74, 6) is 0.0249. The standard InChI is InChI=1S/C18H18N2O3/c1-13(2)16-8-3-4-9-17(16)19-18(21)11-10-14-6-5-7-15(12-14)20(22)23/h3-13H,1-2H3,(H,19,21)/b11-10+. The largest absolute Gasteiger partial charge is 0.322 e. The van der Waals surface area contributed by atoms with Crippen molar-refractivity contribution in [1.29, 1.82) is 0 Å². The van der Waals surface area contributed by atoms with Gasteiger partial charge in [0.2, 0.25) is 5.91 Å². The first-order valence-electron chi connectivity index (χ1n) is 7.30. The van der Waals surface area contributed by atoms with Crippen LogP contribution in [-0.2, 0) is 4.79 Å². The molecule has 23 heavy (non-hydrogen) atoms. The van der Waals surface area contributed by atoms with Gasteiger partial charge in [-0.2, -0.15) is 0 Å². The summed E-state index contributed by atoms with van der Waals surface area (Å²) >= 11 is 0. The molecule has 2 aromatic carbocycles. The molecule has 5 heteroatoms. The van der Waals surface area contributed by atoms with E-state index in [0.29, 0.717) is 11.5 Å². The Labute approximate surface area is 134 Å². The third-order valence-electron chi connectivity index (χ3n) is 3.35. The van der Waals surface area contributed by atoms with Gasteiger partial charge in [-0.15, -0.1) is 0 Å². The molecule has 0 aromatic heterocycles. The molecular formula is C18H18N2O3. The van der Waals surface area contributed by atoms with Crippen molar-refractivity contribution in [3.63, 3.8) is 0 Å². The van der Waals surface area contributed by atoms with Crippen LogP contribution in [-0.4, -0.2) is 10.8 Å². The Bertz CT molecular complexity index is 751. The predicted octanol–water partition coefficient (Wildman–Crippen LogP) is 4.37. The quantitative estimate of drug-likeness (QED) is 0.506. The van der Waals surface area contributed by atoms with Crippen LogP contribution in [0.25, 0.3) is 6.08 Å². The smallest absolute Gasteiger partial charge is 0.270 e. The SMILES string of the molecule is CC(C)c1ccccc1NC(=O)/C=C/c1cccc([N+](=O)[O-])c1. The van der Waals surface area contributed by atoms with Crippen molar-refractivity contribution in [1.82, 2.24) is 0 Å². The molecule has 1 amide bonds. The first kappa shape index (κ1) is 16.4. The molecule has 0 spiro atoms. The topological polar surface area (TPSA) is 72.2 Å². The zero-order valence-corrected chi connectivity index (χ0v) is 13.0. The highest BCUT2D eigenvalue weighted by Crippen LogP contribution is 2.23. The number of rotatable bonds is 5. The van der Waals surface area contributed by atoms with Crippen LogP contribution in [0.15, 0.2) is 54.6 Å². The number of para-hydroxylation sites is 1. The molecule has 5 nitrogen and oxygen atoms in total. The molecule has 0 aliphatic rings. The molecular weight excluding hydrogens is 292 g/mol. The lowest BCUT2D eigenvalue weighted by molar-refractivity contribution is -0.384. The first-order chi connectivity index (χ1) is 11.0. The Morgan fingerprint density at radius 3 is 2.61 bits per heavy atom. The number of nitro benzene ring substituents is 1. The van der Waals surface area contributed by atoms with Gasteiger partial charge < -0.3 is 5.32 Å². The van der Waals surface area contributed by atoms with Gasteiger partial charge in [0.25, 0.3) is 5.69 Å². The second-order valence-electron chi connectivity index (χ2n) is 5.42. The van der Waals surface area contributed by atoms with Gasteiger partial charge in [0.15, 0.2) is 0 Å². The number of amides is 1. The average molecular weight is 310 g/mol. The second kappa shape index (κ2) is 7.35. The van der Waals surface area contributed by atoms with Crippen molar-refractivity contribution in [2.45, 2.75) is 19.8 Å². The average Bonchev–Trinajstić information content (AvgIpc) is 2.53. The predicted molar refractivity (Wildman–Crippen MR) is 91.3 cm³/mol. The molecule has 0 saturated carbocycles. The van der Waals surface area contributed by atoms with Crippen molar-refractivity contribution < 1.29 is 9.72 Å². The number of anilines is 1. The van der Waals surface area contributed by atoms with Crippen LogP contribution in [0.2, 0.25) is 0 Å². The van der Waals surface area contributed by atoms with Gasteiger partial charge in [-0.25, -0.2) is 0 Å². The molecule has 0 aliphatic heterocycles. The minimum Gasteiger partial charge on any atom is -0.322 e. The number of carbonyl (C=O) groups excluding carboxylic acids is 1. The fourth-order valence-corrected chi connectivity index (χ4v) is 2.20. The highest BCUT2D eigenvalue weighted by atomic mass is 16.6. The molecule has 1 N–H and O–H groups in total. The Morgan fingerprint density at radius 1 is 1.17 bits per heavy atom. The molecule has 0 aliphatic carbocycles. The van der Waals surface area contributed by atoms with Gasteiger partial charge in [0.1, 0.15) is 0 Å². The molecule has 118 valence electrons. The van der Waals surface area contributed by atoms with Crippen LogP contribution in [0, 0.1) is 10.1 Å². The van der Waals surface area contributed by atoms with E-state index < -0.39 is 4.92 Å². The summed E-state index contributed by atoms with van der Waals surface area (Å²) in [6, 6.07) is 13.8. The van der Waals surface area contributed by atoms with Gasteiger partial charge >= 0.3 is 0 Å². The minimum absolute atomic E-state index is 0.00212. The van der Waals surface area contributed by atoms with Crippen molar-refractivity contribution >= 4 is 23.4 Å². The van der Waals surface area contributed by atoms with E-state index in [1.54, 1.807) is 18.2 Å². The zero-order valence-electron chi connectivity index (χ0n) is 13.0. The number of hydrogen-bond acceptors (Lipinski definition) is 3. The molecule has 0 radical (unpaired) electrons. The zero-order chi connectivity index (χ0) is 16.8. The van der Waals surface area contributed by atoms with Crippen LogP contribution in [0.1, 0.15) is 30.9 Å². The van der Waals surface area contributed by atoms with Crippen LogP contribution in [0.4, 0.5) is 11.4 Å². The number of nitro groups is 1. The summed E-state index contributed by atoms with van der Waals surface area (Å²) in [5.41, 5.74) is 2.44. The number of carbonyl (C=O) groups is 1. The highest BCUT2D eigenvalue weighted by Gasteiger charge is 2.08. The van der Waals surface area contributed by atoms with E-state index >= 15 is 0 Å². The Balaban J connectivity index is 2.11. The van der Waals surface area contributed by atoms with Crippen LogP contribution >= 0.6 is 0 Å². The maximum absolute atomic E-state index is 12.0. The van der Waals surface area contributed by atoms with Gasteiger partial charge in [0, 0.05) is 23.9 Å². The molecule has 0 atom stereocenters. The first-order valence-corrected chi connectivity index (χ1v) is 7.30. The highest BCUT2D eigenvalue weighted by molar-refractivity contribution is 6.02. The second-order valence-corrected chi connectivity index (χ2v) is 5.42. The normalized spacial score (nSPS) is 10.9. The van der Waals surface area contributed by atoms with E-state index in [4.69, 9.17) is 0 Å². The minimum atomic E-state index is -0.462. The fraction of sp³-hybridized carbons (Fsp3) is 0.167. The summed E-state index contributed by atoms with van der Waals surface area (Å²) in [4.78, 5) is 22.3. The van der Waals surface area contributed by atoms with Crippen LogP contribution in [0.5, 0.6) is 0 Å². The Kier molecular flexibility index (Phi) is 5.25. The van der Waals surface area contributed by atoms with Crippen LogP contribution in [0.3, 0.4) is 0 Å². The maximum Gasteiger partial charge on any atom is 0.270 e. The molecule has 0 fully saturated rings. The molecule has 0 heterocycles. The molecule has 0 saturated heterocycles. The summed E-state index contributed by atoms with van der Waals surface area (Å²) in [6.07, 6.45) is 2.93. The summed E-state index contributed by atoms with van der Waals surface area (Å²) in [7, 11) is 0. The lowest BCUT2D eigenvalue weighted by atomic mass is 10.0. The number of non-ortho nitro benzene ring substituents is 1. The Morgan fingerprint density at radius 2 is 1.91 bits per heavy atom. The maximum atomic E-state index is 12.0. The van der Waals surface area contributed by atoms with Gasteiger partial charge in [0.05, 0.1) is 4.92 Å². The van der Waals surface area contributed by atoms with Gasteiger partial charge in [-0.1, -0.05) is 44.2 Å². The molecule has 0 unspecified atom stereocenters. The molecule has 2 aromatic rings. The number of nitrogens with one attached hydrogen (secondary N) is 1. The number of benzene rings is 2. The summed E-state index contributed by atoms with van der Waals surface area (Å²) in [6.45, 7) is 4.12. The van der Waals surface area contributed by atoms with Gasteiger partial charge in [-0.05, 0) is 29.2 Å². The molecule has 2 rings (SSSR count). The van der Waals surface area contributed by atoms with Crippen molar-refractivity contribution in [2.24, 2.45) is 0 Å². The van der Waals surface area contributed by atoms with Crippen molar-refractivity contribution in [3.8, 4) is 0 Å². The Hall–Kier alpha value is -2.95. The third kappa shape index (κ3) is 4.51. The fourth-order valence-electron chi connectivity index (χ4n) is 2.20. The van der Waals surface area contributed by atoms with E-state index in [1.807, 2.05) is 24.3 Å². The summed E-state index contributed by atoms with van der Waals surface area (Å²) in [5, 5.41) is 13.6. The summed E-state index contributed by atoms with van der Waals surface area (Å²) < 4.78 is 0. The van der Waals surface area contributed by atoms with E-state index in [-0.39, 0.29) is 11.6 Å². The lowest BCUT2D eigenvalue weighted by Crippen LogP contribution is -2.10. The number of hydrogen-bond donors (Lipinski definition) is 1. The third-order valence-corrected chi connectivity index (χ3v) is 3.35. The number of nitrogens with zero attached hydrogens (tertiary/aromatic N) is 1.